The summed E-state index contributed by atoms with van der Waals surface area (Å²) in [7, 11) is 0. The second-order valence-corrected chi connectivity index (χ2v) is 7.82. The topological polar surface area (TPSA) is 55.9 Å². The molecule has 0 saturated carbocycles. The van der Waals surface area contributed by atoms with Crippen molar-refractivity contribution in [2.45, 2.75) is 17.4 Å². The third-order valence-corrected chi connectivity index (χ3v) is 6.33. The van der Waals surface area contributed by atoms with Crippen molar-refractivity contribution in [3.8, 4) is 0 Å². The van der Waals surface area contributed by atoms with E-state index in [0.29, 0.717) is 11.8 Å². The van der Waals surface area contributed by atoms with Gasteiger partial charge in [0, 0.05) is 50.2 Å². The van der Waals surface area contributed by atoms with Gasteiger partial charge in [-0.3, -0.25) is 14.5 Å². The van der Waals surface area contributed by atoms with Crippen molar-refractivity contribution in [1.29, 1.82) is 0 Å². The molecule has 1 atom stereocenters. The van der Waals surface area contributed by atoms with Gasteiger partial charge < -0.3 is 15.1 Å². The van der Waals surface area contributed by atoms with Gasteiger partial charge in [-0.05, 0) is 18.6 Å². The van der Waals surface area contributed by atoms with Crippen molar-refractivity contribution in [2.75, 3.05) is 56.5 Å². The molecule has 3 aliphatic rings. The monoisotopic (exact) mass is 360 g/mol. The van der Waals surface area contributed by atoms with Gasteiger partial charge in [0.25, 0.3) is 0 Å². The maximum Gasteiger partial charge on any atom is 0.242 e. The summed E-state index contributed by atoms with van der Waals surface area (Å²) >= 11 is 1.55. The Bertz CT molecular complexity index is 662. The van der Waals surface area contributed by atoms with E-state index in [9.17, 15) is 9.59 Å². The SMILES string of the molecule is O=C(CN1C(=O)CSc2ccccc21)N1CCC(N2CCNCC2)C1. The molecule has 0 bridgehead atoms. The molecule has 1 aromatic carbocycles. The van der Waals surface area contributed by atoms with Crippen molar-refractivity contribution >= 4 is 29.3 Å². The highest BCUT2D eigenvalue weighted by Gasteiger charge is 2.33. The van der Waals surface area contributed by atoms with Gasteiger partial charge >= 0.3 is 0 Å². The zero-order chi connectivity index (χ0) is 17.2. The number of hydrogen-bond acceptors (Lipinski definition) is 5. The molecule has 25 heavy (non-hydrogen) atoms. The van der Waals surface area contributed by atoms with Crippen LogP contribution >= 0.6 is 11.8 Å². The normalized spacial score (nSPS) is 24.5. The third-order valence-electron chi connectivity index (χ3n) is 5.29. The summed E-state index contributed by atoms with van der Waals surface area (Å²) in [5.74, 6) is 0.496. The van der Waals surface area contributed by atoms with Crippen molar-refractivity contribution in [2.24, 2.45) is 0 Å². The second kappa shape index (κ2) is 7.35. The maximum atomic E-state index is 12.8. The standard InChI is InChI=1S/C18H24N4O2S/c23-17(21-8-5-14(11-21)20-9-6-19-7-10-20)12-22-15-3-1-2-4-16(15)25-13-18(22)24/h1-4,14,19H,5-13H2. The van der Waals surface area contributed by atoms with Gasteiger partial charge in [0.05, 0.1) is 11.4 Å². The van der Waals surface area contributed by atoms with Crippen LogP contribution in [-0.2, 0) is 9.59 Å². The Balaban J connectivity index is 1.40. The fraction of sp³-hybridized carbons (Fsp3) is 0.556. The smallest absolute Gasteiger partial charge is 0.242 e. The fourth-order valence-electron chi connectivity index (χ4n) is 3.88. The predicted molar refractivity (Wildman–Crippen MR) is 98.9 cm³/mol. The van der Waals surface area contributed by atoms with Crippen LogP contribution in [0.4, 0.5) is 5.69 Å². The number of likely N-dealkylation sites (tertiary alicyclic amines) is 1. The number of piperazine rings is 1. The number of carbonyl (C=O) groups excluding carboxylic acids is 2. The lowest BCUT2D eigenvalue weighted by atomic mass is 10.2. The molecular weight excluding hydrogens is 336 g/mol. The molecule has 6 nitrogen and oxygen atoms in total. The fourth-order valence-corrected chi connectivity index (χ4v) is 4.81. The molecule has 0 spiro atoms. The highest BCUT2D eigenvalue weighted by Crippen LogP contribution is 2.34. The molecule has 3 heterocycles. The Morgan fingerprint density at radius 2 is 2.00 bits per heavy atom. The minimum absolute atomic E-state index is 0.0231. The highest BCUT2D eigenvalue weighted by molar-refractivity contribution is 8.00. The summed E-state index contributed by atoms with van der Waals surface area (Å²) in [5.41, 5.74) is 0.870. The first kappa shape index (κ1) is 16.9. The number of para-hydroxylation sites is 1. The zero-order valence-corrected chi connectivity index (χ0v) is 15.1. The van der Waals surface area contributed by atoms with E-state index < -0.39 is 0 Å². The quantitative estimate of drug-likeness (QED) is 0.857. The van der Waals surface area contributed by atoms with Crippen molar-refractivity contribution < 1.29 is 9.59 Å². The van der Waals surface area contributed by atoms with E-state index in [1.165, 1.54) is 0 Å². The summed E-state index contributed by atoms with van der Waals surface area (Å²) in [4.78, 5) is 32.3. The minimum Gasteiger partial charge on any atom is -0.340 e. The molecule has 4 rings (SSSR count). The lowest BCUT2D eigenvalue weighted by molar-refractivity contribution is -0.130. The Kier molecular flexibility index (Phi) is 4.96. The number of fused-ring (bicyclic) bond motifs is 1. The molecule has 2 fully saturated rings. The van der Waals surface area contributed by atoms with E-state index in [1.807, 2.05) is 29.2 Å². The molecule has 134 valence electrons. The molecule has 1 aromatic rings. The highest BCUT2D eigenvalue weighted by atomic mass is 32.2. The molecule has 0 radical (unpaired) electrons. The molecule has 0 aromatic heterocycles. The van der Waals surface area contributed by atoms with Crippen LogP contribution < -0.4 is 10.2 Å². The van der Waals surface area contributed by atoms with Crippen LogP contribution in [0.3, 0.4) is 0 Å². The lowest BCUT2D eigenvalue weighted by Crippen LogP contribution is -2.50. The Morgan fingerprint density at radius 3 is 2.84 bits per heavy atom. The number of amides is 2. The van der Waals surface area contributed by atoms with Gasteiger partial charge in [0.2, 0.25) is 11.8 Å². The summed E-state index contributed by atoms with van der Waals surface area (Å²) in [6.07, 6.45) is 1.03. The van der Waals surface area contributed by atoms with Gasteiger partial charge in [-0.1, -0.05) is 12.1 Å². The van der Waals surface area contributed by atoms with Crippen LogP contribution in [0.25, 0.3) is 0 Å². The summed E-state index contributed by atoms with van der Waals surface area (Å²) < 4.78 is 0. The Morgan fingerprint density at radius 1 is 1.20 bits per heavy atom. The first-order valence-corrected chi connectivity index (χ1v) is 9.95. The van der Waals surface area contributed by atoms with Gasteiger partial charge in [-0.25, -0.2) is 0 Å². The number of rotatable bonds is 3. The Labute approximate surface area is 152 Å². The number of hydrogen-bond donors (Lipinski definition) is 1. The van der Waals surface area contributed by atoms with E-state index in [1.54, 1.807) is 16.7 Å². The van der Waals surface area contributed by atoms with Crippen LogP contribution in [0, 0.1) is 0 Å². The van der Waals surface area contributed by atoms with Crippen LogP contribution in [0.2, 0.25) is 0 Å². The van der Waals surface area contributed by atoms with Crippen molar-refractivity contribution in [3.05, 3.63) is 24.3 Å². The predicted octanol–water partition coefficient (Wildman–Crippen LogP) is 0.631. The number of nitrogens with one attached hydrogen (secondary N) is 1. The molecule has 2 amide bonds. The van der Waals surface area contributed by atoms with Gasteiger partial charge in [-0.2, -0.15) is 0 Å². The summed E-state index contributed by atoms with van der Waals surface area (Å²) in [5, 5.41) is 3.37. The first-order valence-electron chi connectivity index (χ1n) is 8.97. The number of benzene rings is 1. The summed E-state index contributed by atoms with van der Waals surface area (Å²) in [6.45, 7) is 5.92. The molecule has 1 unspecified atom stereocenters. The second-order valence-electron chi connectivity index (χ2n) is 6.80. The van der Waals surface area contributed by atoms with Crippen LogP contribution in [0.5, 0.6) is 0 Å². The average molecular weight is 360 g/mol. The van der Waals surface area contributed by atoms with Gasteiger partial charge in [-0.15, -0.1) is 11.8 Å². The van der Waals surface area contributed by atoms with E-state index in [0.717, 1.165) is 56.3 Å². The number of thioether (sulfide) groups is 1. The van der Waals surface area contributed by atoms with E-state index in [4.69, 9.17) is 0 Å². The maximum absolute atomic E-state index is 12.8. The summed E-state index contributed by atoms with van der Waals surface area (Å²) in [6, 6.07) is 8.30. The van der Waals surface area contributed by atoms with Crippen molar-refractivity contribution in [3.63, 3.8) is 0 Å². The van der Waals surface area contributed by atoms with Gasteiger partial charge in [0.1, 0.15) is 6.54 Å². The van der Waals surface area contributed by atoms with Crippen LogP contribution in [0.15, 0.2) is 29.2 Å². The van der Waals surface area contributed by atoms with Crippen molar-refractivity contribution in [1.82, 2.24) is 15.1 Å². The van der Waals surface area contributed by atoms with Crippen LogP contribution in [-0.4, -0.2) is 79.2 Å². The van der Waals surface area contributed by atoms with E-state index in [-0.39, 0.29) is 18.4 Å². The first-order chi connectivity index (χ1) is 12.2. The molecule has 7 heteroatoms. The van der Waals surface area contributed by atoms with Gasteiger partial charge in [0.15, 0.2) is 0 Å². The molecule has 3 aliphatic heterocycles. The number of nitrogens with zero attached hydrogens (tertiary/aromatic N) is 3. The molecule has 2 saturated heterocycles. The Hall–Kier alpha value is -1.57. The average Bonchev–Trinajstić information content (AvgIpc) is 3.15. The molecule has 1 N–H and O–H groups in total. The van der Waals surface area contributed by atoms with E-state index >= 15 is 0 Å². The molecular formula is C18H24N4O2S. The molecule has 0 aliphatic carbocycles. The number of anilines is 1. The largest absolute Gasteiger partial charge is 0.340 e. The lowest BCUT2D eigenvalue weighted by Gasteiger charge is -2.33. The van der Waals surface area contributed by atoms with E-state index in [2.05, 4.69) is 10.2 Å². The number of carbonyl (C=O) groups is 2. The zero-order valence-electron chi connectivity index (χ0n) is 14.3. The third kappa shape index (κ3) is 3.54. The van der Waals surface area contributed by atoms with Crippen LogP contribution in [0.1, 0.15) is 6.42 Å². The minimum atomic E-state index is 0.0231.